The van der Waals surface area contributed by atoms with E-state index in [0.29, 0.717) is 38.9 Å². The van der Waals surface area contributed by atoms with Crippen molar-refractivity contribution in [3.8, 4) is 11.5 Å². The molecule has 0 aliphatic carbocycles. The summed E-state index contributed by atoms with van der Waals surface area (Å²) in [6.45, 7) is 0. The fourth-order valence-corrected chi connectivity index (χ4v) is 3.20. The number of hydrogen-bond donors (Lipinski definition) is 2. The van der Waals surface area contributed by atoms with Crippen LogP contribution < -0.4 is 20.1 Å². The molecule has 0 heterocycles. The Balaban J connectivity index is 1.91. The summed E-state index contributed by atoms with van der Waals surface area (Å²) in [5.74, 6) is -0.584. The first-order valence-electron chi connectivity index (χ1n) is 10.3. The summed E-state index contributed by atoms with van der Waals surface area (Å²) in [6.07, 6.45) is 1.51. The maximum Gasteiger partial charge on any atom is 0.337 e. The number of halogens is 1. The SMILES string of the molecule is COC(=O)c1ccc(NC(=O)/C(=C\c2ccc(OC)c(OC)c2)NC(=O)c2ccc(Cl)cc2)cc1. The summed E-state index contributed by atoms with van der Waals surface area (Å²) in [5.41, 5.74) is 1.64. The van der Waals surface area contributed by atoms with Crippen molar-refractivity contribution >= 4 is 41.1 Å². The zero-order chi connectivity index (χ0) is 25.4. The van der Waals surface area contributed by atoms with Crippen LogP contribution in [0.4, 0.5) is 5.69 Å². The van der Waals surface area contributed by atoms with E-state index in [1.807, 2.05) is 0 Å². The number of anilines is 1. The highest BCUT2D eigenvalue weighted by atomic mass is 35.5. The van der Waals surface area contributed by atoms with Gasteiger partial charge in [0.05, 0.1) is 26.9 Å². The molecule has 0 aliphatic rings. The quantitative estimate of drug-likeness (QED) is 0.351. The van der Waals surface area contributed by atoms with Crippen molar-refractivity contribution < 1.29 is 28.6 Å². The summed E-state index contributed by atoms with van der Waals surface area (Å²) in [7, 11) is 4.30. The third kappa shape index (κ3) is 6.61. The average molecular weight is 495 g/mol. The van der Waals surface area contributed by atoms with Crippen LogP contribution in [0.5, 0.6) is 11.5 Å². The first kappa shape index (κ1) is 25.3. The maximum atomic E-state index is 13.1. The van der Waals surface area contributed by atoms with Gasteiger partial charge >= 0.3 is 5.97 Å². The molecule has 9 heteroatoms. The van der Waals surface area contributed by atoms with Crippen molar-refractivity contribution in [3.63, 3.8) is 0 Å². The number of benzene rings is 3. The molecule has 0 fully saturated rings. The fraction of sp³-hybridized carbons (Fsp3) is 0.115. The van der Waals surface area contributed by atoms with Gasteiger partial charge in [0, 0.05) is 16.3 Å². The van der Waals surface area contributed by atoms with E-state index in [1.54, 1.807) is 54.6 Å². The van der Waals surface area contributed by atoms with E-state index in [2.05, 4.69) is 15.4 Å². The zero-order valence-corrected chi connectivity index (χ0v) is 20.0. The summed E-state index contributed by atoms with van der Waals surface area (Å²) < 4.78 is 15.3. The number of carbonyl (C=O) groups is 3. The smallest absolute Gasteiger partial charge is 0.337 e. The van der Waals surface area contributed by atoms with Crippen LogP contribution in [0.1, 0.15) is 26.3 Å². The largest absolute Gasteiger partial charge is 0.493 e. The molecule has 3 aromatic carbocycles. The molecule has 0 aromatic heterocycles. The second-order valence-corrected chi connectivity index (χ2v) is 7.59. The highest BCUT2D eigenvalue weighted by molar-refractivity contribution is 6.30. The van der Waals surface area contributed by atoms with E-state index in [4.69, 9.17) is 21.1 Å². The number of methoxy groups -OCH3 is 3. The van der Waals surface area contributed by atoms with Crippen LogP contribution in [0.25, 0.3) is 6.08 Å². The molecule has 3 aromatic rings. The minimum absolute atomic E-state index is 0.0192. The second kappa shape index (κ2) is 11.7. The fourth-order valence-electron chi connectivity index (χ4n) is 3.07. The highest BCUT2D eigenvalue weighted by Gasteiger charge is 2.16. The lowest BCUT2D eigenvalue weighted by Crippen LogP contribution is -2.30. The Morgan fingerprint density at radius 2 is 1.43 bits per heavy atom. The normalized spacial score (nSPS) is 10.8. The average Bonchev–Trinajstić information content (AvgIpc) is 2.88. The topological polar surface area (TPSA) is 103 Å². The third-order valence-corrected chi connectivity index (χ3v) is 5.13. The van der Waals surface area contributed by atoms with Crippen molar-refractivity contribution in [1.29, 1.82) is 0 Å². The van der Waals surface area contributed by atoms with Gasteiger partial charge in [-0.1, -0.05) is 17.7 Å². The molecule has 0 radical (unpaired) electrons. The molecule has 3 rings (SSSR count). The van der Waals surface area contributed by atoms with Gasteiger partial charge in [-0.3, -0.25) is 9.59 Å². The minimum atomic E-state index is -0.576. The number of rotatable bonds is 8. The Bertz CT molecular complexity index is 1250. The van der Waals surface area contributed by atoms with Gasteiger partial charge in [0.15, 0.2) is 11.5 Å². The summed E-state index contributed by atoms with van der Waals surface area (Å²) in [4.78, 5) is 37.6. The van der Waals surface area contributed by atoms with Crippen molar-refractivity contribution in [1.82, 2.24) is 5.32 Å². The highest BCUT2D eigenvalue weighted by Crippen LogP contribution is 2.28. The monoisotopic (exact) mass is 494 g/mol. The molecule has 2 amide bonds. The van der Waals surface area contributed by atoms with Gasteiger partial charge in [-0.2, -0.15) is 0 Å². The van der Waals surface area contributed by atoms with Crippen molar-refractivity contribution in [2.45, 2.75) is 0 Å². The zero-order valence-electron chi connectivity index (χ0n) is 19.3. The van der Waals surface area contributed by atoms with E-state index < -0.39 is 17.8 Å². The number of amides is 2. The molecule has 180 valence electrons. The Hall–Kier alpha value is -4.30. The van der Waals surface area contributed by atoms with Crippen LogP contribution in [-0.4, -0.2) is 39.1 Å². The van der Waals surface area contributed by atoms with Crippen molar-refractivity contribution in [2.24, 2.45) is 0 Å². The van der Waals surface area contributed by atoms with Gasteiger partial charge in [-0.15, -0.1) is 0 Å². The molecule has 0 atom stereocenters. The molecule has 35 heavy (non-hydrogen) atoms. The Morgan fingerprint density at radius 1 is 0.800 bits per heavy atom. The predicted octanol–water partition coefficient (Wildman–Crippen LogP) is 4.55. The maximum absolute atomic E-state index is 13.1. The van der Waals surface area contributed by atoms with Crippen LogP contribution in [-0.2, 0) is 9.53 Å². The lowest BCUT2D eigenvalue weighted by Gasteiger charge is -2.13. The van der Waals surface area contributed by atoms with Crippen LogP contribution in [0, 0.1) is 0 Å². The van der Waals surface area contributed by atoms with Gasteiger partial charge in [0.25, 0.3) is 11.8 Å². The molecule has 0 bridgehead atoms. The predicted molar refractivity (Wildman–Crippen MR) is 133 cm³/mol. The van der Waals surface area contributed by atoms with E-state index in [1.165, 1.54) is 39.5 Å². The number of esters is 1. The molecule has 0 saturated heterocycles. The van der Waals surface area contributed by atoms with Crippen LogP contribution in [0.15, 0.2) is 72.4 Å². The van der Waals surface area contributed by atoms with Crippen LogP contribution in [0.2, 0.25) is 5.02 Å². The van der Waals surface area contributed by atoms with Gasteiger partial charge < -0.3 is 24.8 Å². The van der Waals surface area contributed by atoms with Crippen LogP contribution >= 0.6 is 11.6 Å². The molecule has 0 unspecified atom stereocenters. The van der Waals surface area contributed by atoms with E-state index >= 15 is 0 Å². The number of carbonyl (C=O) groups excluding carboxylic acids is 3. The first-order valence-corrected chi connectivity index (χ1v) is 10.7. The Kier molecular flexibility index (Phi) is 8.48. The molecule has 0 saturated carbocycles. The third-order valence-electron chi connectivity index (χ3n) is 4.88. The lowest BCUT2D eigenvalue weighted by atomic mass is 10.1. The Morgan fingerprint density at radius 3 is 2.03 bits per heavy atom. The summed E-state index contributed by atoms with van der Waals surface area (Å²) >= 11 is 5.91. The first-order chi connectivity index (χ1) is 16.8. The molecule has 0 aliphatic heterocycles. The molecular formula is C26H23ClN2O6. The van der Waals surface area contributed by atoms with E-state index in [-0.39, 0.29) is 5.70 Å². The molecular weight excluding hydrogens is 472 g/mol. The lowest BCUT2D eigenvalue weighted by molar-refractivity contribution is -0.113. The Labute approximate surface area is 207 Å². The molecule has 2 N–H and O–H groups in total. The van der Waals surface area contributed by atoms with Gasteiger partial charge in [0.2, 0.25) is 0 Å². The summed E-state index contributed by atoms with van der Waals surface area (Å²) in [5, 5.41) is 5.84. The number of nitrogens with one attached hydrogen (secondary N) is 2. The van der Waals surface area contributed by atoms with Gasteiger partial charge in [-0.05, 0) is 72.3 Å². The second-order valence-electron chi connectivity index (χ2n) is 7.16. The van der Waals surface area contributed by atoms with Crippen molar-refractivity contribution in [2.75, 3.05) is 26.6 Å². The molecule has 0 spiro atoms. The van der Waals surface area contributed by atoms with Crippen LogP contribution in [0.3, 0.4) is 0 Å². The molecule has 8 nitrogen and oxygen atoms in total. The standard InChI is InChI=1S/C26H23ClN2O6/c1-33-22-13-4-16(15-23(22)34-2)14-21(29-24(30)17-5-9-19(27)10-6-17)25(31)28-20-11-7-18(8-12-20)26(32)35-3/h4-15H,1-3H3,(H,28,31)(H,29,30)/b21-14+. The number of hydrogen-bond acceptors (Lipinski definition) is 6. The number of ether oxygens (including phenoxy) is 3. The van der Waals surface area contributed by atoms with E-state index in [9.17, 15) is 14.4 Å². The van der Waals surface area contributed by atoms with E-state index in [0.717, 1.165) is 0 Å². The van der Waals surface area contributed by atoms with Gasteiger partial charge in [-0.25, -0.2) is 4.79 Å². The minimum Gasteiger partial charge on any atom is -0.493 e. The van der Waals surface area contributed by atoms with Gasteiger partial charge in [0.1, 0.15) is 5.70 Å². The summed E-state index contributed by atoms with van der Waals surface area (Å²) in [6, 6.07) is 17.5. The van der Waals surface area contributed by atoms with Crippen molar-refractivity contribution in [3.05, 3.63) is 94.1 Å².